The van der Waals surface area contributed by atoms with Crippen molar-refractivity contribution in [1.29, 1.82) is 0 Å². The maximum Gasteiger partial charge on any atom is 0.283 e. The van der Waals surface area contributed by atoms with Gasteiger partial charge in [0.15, 0.2) is 5.83 Å². The molecule has 2 aliphatic heterocycles. The van der Waals surface area contributed by atoms with Gasteiger partial charge in [-0.15, -0.1) is 0 Å². The summed E-state index contributed by atoms with van der Waals surface area (Å²) < 4.78 is 39.6. The Morgan fingerprint density at radius 2 is 1.98 bits per heavy atom. The van der Waals surface area contributed by atoms with E-state index in [4.69, 9.17) is 9.47 Å². The van der Waals surface area contributed by atoms with Crippen LogP contribution < -0.4 is 15.4 Å². The van der Waals surface area contributed by atoms with Crippen molar-refractivity contribution >= 4 is 34.0 Å². The monoisotopic (exact) mass is 544 g/mol. The van der Waals surface area contributed by atoms with Gasteiger partial charge >= 0.3 is 0 Å². The predicted octanol–water partition coefficient (Wildman–Crippen LogP) is 4.85. The molecule has 0 radical (unpaired) electrons. The molecule has 204 valence electrons. The maximum absolute atomic E-state index is 14.3. The van der Waals surface area contributed by atoms with Crippen molar-refractivity contribution in [2.75, 3.05) is 36.9 Å². The molecule has 6 rings (SSSR count). The topological polar surface area (TPSA) is 102 Å². The quantitative estimate of drug-likeness (QED) is 0.304. The molecule has 0 spiro atoms. The number of benzene rings is 2. The molecule has 2 aromatic heterocycles. The first-order valence-electron chi connectivity index (χ1n) is 12.9. The number of anilines is 3. The summed E-state index contributed by atoms with van der Waals surface area (Å²) in [7, 11) is 0. The Morgan fingerprint density at radius 3 is 2.75 bits per heavy atom. The molecule has 9 nitrogen and oxygen atoms in total. The largest absolute Gasteiger partial charge is 0.487 e. The lowest BCUT2D eigenvalue weighted by Crippen LogP contribution is -2.48. The summed E-state index contributed by atoms with van der Waals surface area (Å²) in [6.07, 6.45) is 3.66. The number of fused-ring (bicyclic) bond motifs is 1. The van der Waals surface area contributed by atoms with Crippen LogP contribution in [-0.2, 0) is 9.53 Å². The predicted molar refractivity (Wildman–Crippen MR) is 147 cm³/mol. The molecule has 2 N–H and O–H groups in total. The maximum atomic E-state index is 14.3. The Labute approximate surface area is 228 Å². The Balaban J connectivity index is 1.31. The van der Waals surface area contributed by atoms with Crippen LogP contribution in [0.15, 0.2) is 73.5 Å². The summed E-state index contributed by atoms with van der Waals surface area (Å²) in [5.74, 6) is -1.68. The fourth-order valence-electron chi connectivity index (χ4n) is 4.83. The number of carbonyl (C=O) groups excluding carboxylic acids is 1. The highest BCUT2D eigenvalue weighted by Gasteiger charge is 2.33. The van der Waals surface area contributed by atoms with Crippen molar-refractivity contribution < 1.29 is 23.0 Å². The molecule has 0 aliphatic carbocycles. The molecule has 1 unspecified atom stereocenters. The van der Waals surface area contributed by atoms with Crippen LogP contribution in [0, 0.1) is 5.82 Å². The molecule has 2 aliphatic rings. The van der Waals surface area contributed by atoms with E-state index in [-0.39, 0.29) is 17.6 Å². The van der Waals surface area contributed by atoms with Crippen LogP contribution in [0.2, 0.25) is 0 Å². The SMILES string of the molecule is C=C(F)C(=O)Nc1cc2c(Nc3ccnc(-c4ccccc4F)c3)ncnc2cc1OC1CCN(C2COC2)C1. The van der Waals surface area contributed by atoms with Crippen LogP contribution in [0.1, 0.15) is 6.42 Å². The van der Waals surface area contributed by atoms with Crippen LogP contribution >= 0.6 is 0 Å². The Hall–Kier alpha value is -4.48. The first-order valence-corrected chi connectivity index (χ1v) is 12.9. The van der Waals surface area contributed by atoms with Gasteiger partial charge in [-0.25, -0.2) is 18.7 Å². The Bertz CT molecular complexity index is 1600. The lowest BCUT2D eigenvalue weighted by molar-refractivity contribution is -0.114. The van der Waals surface area contributed by atoms with E-state index in [1.165, 1.54) is 12.4 Å². The van der Waals surface area contributed by atoms with Gasteiger partial charge in [0.2, 0.25) is 0 Å². The van der Waals surface area contributed by atoms with Crippen LogP contribution in [-0.4, -0.2) is 64.2 Å². The molecule has 11 heteroatoms. The van der Waals surface area contributed by atoms with Crippen molar-refractivity contribution in [3.8, 4) is 17.0 Å². The second-order valence-corrected chi connectivity index (χ2v) is 9.70. The smallest absolute Gasteiger partial charge is 0.283 e. The van der Waals surface area contributed by atoms with Crippen LogP contribution in [0.3, 0.4) is 0 Å². The number of amides is 1. The Kier molecular flexibility index (Phi) is 7.06. The van der Waals surface area contributed by atoms with Gasteiger partial charge in [0, 0.05) is 42.0 Å². The average molecular weight is 545 g/mol. The van der Waals surface area contributed by atoms with Crippen molar-refractivity contribution in [1.82, 2.24) is 19.9 Å². The minimum absolute atomic E-state index is 0.115. The summed E-state index contributed by atoms with van der Waals surface area (Å²) in [5.41, 5.74) is 2.25. The molecule has 4 heterocycles. The summed E-state index contributed by atoms with van der Waals surface area (Å²) >= 11 is 0. The van der Waals surface area contributed by atoms with Gasteiger partial charge in [0.25, 0.3) is 5.91 Å². The van der Waals surface area contributed by atoms with E-state index in [0.29, 0.717) is 58.7 Å². The van der Waals surface area contributed by atoms with E-state index in [2.05, 4.69) is 37.1 Å². The molecule has 2 aromatic carbocycles. The standard InChI is InChI=1S/C29H26F2N6O3/c1-17(30)29(38)36-26-11-22-25(12-27(26)40-20-7-9-37(13-20)19-14-39-15-19)33-16-34-28(22)35-18-6-8-32-24(10-18)21-4-2-3-5-23(21)31/h2-6,8,10-12,16,19-20H,1,7,9,13-15H2,(H,36,38)(H,32,33,34,35). The van der Waals surface area contributed by atoms with E-state index < -0.39 is 11.7 Å². The number of likely N-dealkylation sites (tertiary alicyclic amines) is 1. The van der Waals surface area contributed by atoms with Crippen LogP contribution in [0.5, 0.6) is 5.75 Å². The minimum Gasteiger partial charge on any atom is -0.487 e. The molecule has 4 aromatic rings. The molecule has 40 heavy (non-hydrogen) atoms. The van der Waals surface area contributed by atoms with Gasteiger partial charge in [-0.2, -0.15) is 0 Å². The number of nitrogens with zero attached hydrogens (tertiary/aromatic N) is 4. The zero-order valence-corrected chi connectivity index (χ0v) is 21.4. The van der Waals surface area contributed by atoms with E-state index in [0.717, 1.165) is 19.5 Å². The molecular weight excluding hydrogens is 518 g/mol. The van der Waals surface area contributed by atoms with Gasteiger partial charge in [-0.3, -0.25) is 14.7 Å². The van der Waals surface area contributed by atoms with Gasteiger partial charge in [0.05, 0.1) is 36.2 Å². The van der Waals surface area contributed by atoms with Crippen LogP contribution in [0.4, 0.5) is 26.0 Å². The molecular formula is C29H26F2N6O3. The summed E-state index contributed by atoms with van der Waals surface area (Å²) in [5, 5.41) is 6.33. The number of hydrogen-bond acceptors (Lipinski definition) is 8. The molecule has 1 atom stereocenters. The molecule has 2 fully saturated rings. The summed E-state index contributed by atoms with van der Waals surface area (Å²) in [4.78, 5) is 27.6. The fraction of sp³-hybridized carbons (Fsp3) is 0.241. The van der Waals surface area contributed by atoms with E-state index in [1.54, 1.807) is 48.7 Å². The highest BCUT2D eigenvalue weighted by Crippen LogP contribution is 2.36. The number of pyridine rings is 1. The number of carbonyl (C=O) groups is 1. The van der Waals surface area contributed by atoms with E-state index >= 15 is 0 Å². The van der Waals surface area contributed by atoms with Crippen molar-refractivity contribution in [3.63, 3.8) is 0 Å². The second kappa shape index (κ2) is 10.9. The number of nitrogens with one attached hydrogen (secondary N) is 2. The van der Waals surface area contributed by atoms with E-state index in [1.807, 2.05) is 0 Å². The lowest BCUT2D eigenvalue weighted by Gasteiger charge is -2.34. The minimum atomic E-state index is -1.12. The number of rotatable bonds is 8. The molecule has 2 saturated heterocycles. The van der Waals surface area contributed by atoms with Crippen molar-refractivity contribution in [3.05, 3.63) is 79.3 Å². The zero-order chi connectivity index (χ0) is 27.6. The second-order valence-electron chi connectivity index (χ2n) is 9.70. The zero-order valence-electron chi connectivity index (χ0n) is 21.4. The molecule has 0 bridgehead atoms. The Morgan fingerprint density at radius 1 is 1.12 bits per heavy atom. The fourth-order valence-corrected chi connectivity index (χ4v) is 4.83. The van der Waals surface area contributed by atoms with Gasteiger partial charge < -0.3 is 20.1 Å². The highest BCUT2D eigenvalue weighted by atomic mass is 19.1. The summed E-state index contributed by atoms with van der Waals surface area (Å²) in [6, 6.07) is 13.6. The van der Waals surface area contributed by atoms with Crippen LogP contribution in [0.25, 0.3) is 22.2 Å². The first-order chi connectivity index (χ1) is 19.4. The molecule has 0 saturated carbocycles. The van der Waals surface area contributed by atoms with Gasteiger partial charge in [-0.1, -0.05) is 18.7 Å². The van der Waals surface area contributed by atoms with Gasteiger partial charge in [0.1, 0.15) is 29.8 Å². The number of hydrogen-bond donors (Lipinski definition) is 2. The van der Waals surface area contributed by atoms with E-state index in [9.17, 15) is 13.6 Å². The number of halogens is 2. The summed E-state index contributed by atoms with van der Waals surface area (Å²) in [6.45, 7) is 6.13. The third kappa shape index (κ3) is 5.33. The lowest BCUT2D eigenvalue weighted by atomic mass is 10.1. The number of ether oxygens (including phenoxy) is 2. The molecule has 1 amide bonds. The van der Waals surface area contributed by atoms with Gasteiger partial charge in [-0.05, 0) is 36.8 Å². The number of aromatic nitrogens is 3. The normalized spacial score (nSPS) is 17.4. The van der Waals surface area contributed by atoms with Crippen molar-refractivity contribution in [2.24, 2.45) is 0 Å². The van der Waals surface area contributed by atoms with Crippen molar-refractivity contribution in [2.45, 2.75) is 18.6 Å². The average Bonchev–Trinajstić information content (AvgIpc) is 3.36. The third-order valence-corrected chi connectivity index (χ3v) is 7.01. The third-order valence-electron chi connectivity index (χ3n) is 7.01. The first kappa shape index (κ1) is 25.8. The highest BCUT2D eigenvalue weighted by molar-refractivity contribution is 6.05.